The van der Waals surface area contributed by atoms with Crippen molar-refractivity contribution >= 4 is 40.7 Å². The molecule has 0 fully saturated rings. The molecule has 0 bridgehead atoms. The van der Waals surface area contributed by atoms with E-state index >= 15 is 0 Å². The van der Waals surface area contributed by atoms with Gasteiger partial charge in [-0.25, -0.2) is 4.98 Å². The van der Waals surface area contributed by atoms with Crippen molar-refractivity contribution < 1.29 is 14.7 Å². The smallest absolute Gasteiger partial charge is 0.255 e. The van der Waals surface area contributed by atoms with Crippen LogP contribution >= 0.6 is 23.4 Å². The van der Waals surface area contributed by atoms with Crippen molar-refractivity contribution in [3.05, 3.63) is 39.6 Å². The predicted octanol–water partition coefficient (Wildman–Crippen LogP) is 3.36. The lowest BCUT2D eigenvalue weighted by Gasteiger charge is -2.17. The average Bonchev–Trinajstić information content (AvgIpc) is 2.60. The lowest BCUT2D eigenvalue weighted by Crippen LogP contribution is -2.28. The molecular weight excluding hydrogens is 414 g/mol. The number of halogens is 1. The summed E-state index contributed by atoms with van der Waals surface area (Å²) in [4.78, 5) is 41.0. The normalized spacial score (nSPS) is 11.4. The average molecular weight is 438 g/mol. The van der Waals surface area contributed by atoms with Crippen LogP contribution in [0.2, 0.25) is 5.02 Å². The number of Topliss-reactive ketones (excluding diaryl/α,β-unsaturated/α-hetero) is 1. The van der Waals surface area contributed by atoms with Crippen LogP contribution in [-0.4, -0.2) is 38.2 Å². The van der Waals surface area contributed by atoms with E-state index in [1.54, 1.807) is 38.3 Å². The van der Waals surface area contributed by atoms with E-state index in [9.17, 15) is 19.5 Å². The third kappa shape index (κ3) is 6.69. The standard InChI is InChI=1S/C20H24ClN3O4S/c1-12(25)22-16-9-13(21)5-6-15(16)17-10-18(27)24(19(23-17)29-4)11-14(26)7-8-20(2,3)28/h5-6,9-10,28H,7-8,11H2,1-4H3,(H,22,25). The lowest BCUT2D eigenvalue weighted by atomic mass is 10.0. The number of carbonyl (C=O) groups excluding carboxylic acids is 2. The third-order valence-corrected chi connectivity index (χ3v) is 4.99. The van der Waals surface area contributed by atoms with Gasteiger partial charge in [0.2, 0.25) is 5.91 Å². The summed E-state index contributed by atoms with van der Waals surface area (Å²) in [5.74, 6) is -0.436. The molecule has 7 nitrogen and oxygen atoms in total. The Morgan fingerprint density at radius 1 is 1.31 bits per heavy atom. The van der Waals surface area contributed by atoms with Gasteiger partial charge < -0.3 is 10.4 Å². The molecule has 0 aliphatic rings. The van der Waals surface area contributed by atoms with Gasteiger partial charge in [-0.2, -0.15) is 0 Å². The van der Waals surface area contributed by atoms with Crippen molar-refractivity contribution in [1.82, 2.24) is 9.55 Å². The van der Waals surface area contributed by atoms with Crippen molar-refractivity contribution in [2.75, 3.05) is 11.6 Å². The summed E-state index contributed by atoms with van der Waals surface area (Å²) in [5, 5.41) is 13.3. The van der Waals surface area contributed by atoms with Crippen LogP contribution < -0.4 is 10.9 Å². The molecule has 1 amide bonds. The zero-order chi connectivity index (χ0) is 21.8. The summed E-state index contributed by atoms with van der Waals surface area (Å²) >= 11 is 7.27. The van der Waals surface area contributed by atoms with E-state index in [-0.39, 0.29) is 30.2 Å². The Labute approximate surface area is 178 Å². The van der Waals surface area contributed by atoms with Crippen molar-refractivity contribution in [2.45, 2.75) is 50.9 Å². The number of amides is 1. The van der Waals surface area contributed by atoms with Gasteiger partial charge >= 0.3 is 0 Å². The highest BCUT2D eigenvalue weighted by Crippen LogP contribution is 2.30. The third-order valence-electron chi connectivity index (χ3n) is 4.07. The highest BCUT2D eigenvalue weighted by molar-refractivity contribution is 7.98. The van der Waals surface area contributed by atoms with Gasteiger partial charge in [-0.3, -0.25) is 19.0 Å². The van der Waals surface area contributed by atoms with Crippen LogP contribution in [0.3, 0.4) is 0 Å². The molecule has 9 heteroatoms. The molecule has 29 heavy (non-hydrogen) atoms. The number of thioether (sulfide) groups is 1. The van der Waals surface area contributed by atoms with Gasteiger partial charge in [0.25, 0.3) is 5.56 Å². The first-order valence-electron chi connectivity index (χ1n) is 8.97. The highest BCUT2D eigenvalue weighted by atomic mass is 35.5. The number of rotatable bonds is 8. The van der Waals surface area contributed by atoms with Crippen LogP contribution in [0.15, 0.2) is 34.2 Å². The first kappa shape index (κ1) is 23.1. The molecule has 0 atom stereocenters. The minimum absolute atomic E-state index is 0.114. The molecule has 1 aromatic carbocycles. The van der Waals surface area contributed by atoms with E-state index in [0.717, 1.165) is 0 Å². The largest absolute Gasteiger partial charge is 0.390 e. The van der Waals surface area contributed by atoms with Crippen molar-refractivity contribution in [1.29, 1.82) is 0 Å². The molecule has 2 aromatic rings. The lowest BCUT2D eigenvalue weighted by molar-refractivity contribution is -0.121. The van der Waals surface area contributed by atoms with Crippen molar-refractivity contribution in [3.63, 3.8) is 0 Å². The van der Waals surface area contributed by atoms with Gasteiger partial charge in [-0.1, -0.05) is 23.4 Å². The van der Waals surface area contributed by atoms with Crippen LogP contribution in [0, 0.1) is 0 Å². The summed E-state index contributed by atoms with van der Waals surface area (Å²) in [6.07, 6.45) is 2.24. The molecule has 0 radical (unpaired) electrons. The van der Waals surface area contributed by atoms with E-state index < -0.39 is 5.60 Å². The summed E-state index contributed by atoms with van der Waals surface area (Å²) in [5.41, 5.74) is 0.0554. The molecule has 0 aliphatic heterocycles. The summed E-state index contributed by atoms with van der Waals surface area (Å²) in [7, 11) is 0. The van der Waals surface area contributed by atoms with Crippen LogP contribution in [0.5, 0.6) is 0 Å². The van der Waals surface area contributed by atoms with E-state index in [1.807, 2.05) is 0 Å². The van der Waals surface area contributed by atoms with Gasteiger partial charge in [0.1, 0.15) is 0 Å². The predicted molar refractivity (Wildman–Crippen MR) is 116 cm³/mol. The fourth-order valence-corrected chi connectivity index (χ4v) is 3.39. The summed E-state index contributed by atoms with van der Waals surface area (Å²) in [6, 6.07) is 6.24. The number of benzene rings is 1. The molecule has 1 aromatic heterocycles. The number of aromatic nitrogens is 2. The first-order chi connectivity index (χ1) is 13.5. The zero-order valence-corrected chi connectivity index (χ0v) is 18.4. The van der Waals surface area contributed by atoms with Gasteiger partial charge in [-0.15, -0.1) is 0 Å². The van der Waals surface area contributed by atoms with Gasteiger partial charge in [0.15, 0.2) is 10.9 Å². The van der Waals surface area contributed by atoms with Crippen LogP contribution in [0.25, 0.3) is 11.3 Å². The number of nitrogens with zero attached hydrogens (tertiary/aromatic N) is 2. The molecule has 2 N–H and O–H groups in total. The van der Waals surface area contributed by atoms with Gasteiger partial charge in [0, 0.05) is 30.0 Å². The molecular formula is C20H24ClN3O4S. The maximum absolute atomic E-state index is 12.7. The number of aliphatic hydroxyl groups is 1. The molecule has 0 saturated heterocycles. The molecule has 156 valence electrons. The van der Waals surface area contributed by atoms with E-state index in [4.69, 9.17) is 11.6 Å². The summed E-state index contributed by atoms with van der Waals surface area (Å²) < 4.78 is 1.31. The first-order valence-corrected chi connectivity index (χ1v) is 10.6. The van der Waals surface area contributed by atoms with Gasteiger partial charge in [-0.05, 0) is 44.7 Å². The SMILES string of the molecule is CSc1nc(-c2ccc(Cl)cc2NC(C)=O)cc(=O)n1CC(=O)CCC(C)(C)O. The Hall–Kier alpha value is -2.16. The Morgan fingerprint density at radius 2 is 2.00 bits per heavy atom. The molecule has 0 spiro atoms. The van der Waals surface area contributed by atoms with Crippen LogP contribution in [0.1, 0.15) is 33.6 Å². The van der Waals surface area contributed by atoms with E-state index in [2.05, 4.69) is 10.3 Å². The molecule has 0 saturated carbocycles. The molecule has 2 rings (SSSR count). The Bertz CT molecular complexity index is 983. The number of hydrogen-bond donors (Lipinski definition) is 2. The minimum Gasteiger partial charge on any atom is -0.390 e. The summed E-state index contributed by atoms with van der Waals surface area (Å²) in [6.45, 7) is 4.53. The fraction of sp³-hybridized carbons (Fsp3) is 0.400. The Morgan fingerprint density at radius 3 is 2.59 bits per heavy atom. The minimum atomic E-state index is -0.945. The molecule has 0 aliphatic carbocycles. The van der Waals surface area contributed by atoms with E-state index in [0.29, 0.717) is 33.5 Å². The number of hydrogen-bond acceptors (Lipinski definition) is 6. The van der Waals surface area contributed by atoms with Crippen molar-refractivity contribution in [2.24, 2.45) is 0 Å². The van der Waals surface area contributed by atoms with Crippen molar-refractivity contribution in [3.8, 4) is 11.3 Å². The van der Waals surface area contributed by atoms with Gasteiger partial charge in [0.05, 0.1) is 23.5 Å². The quantitative estimate of drug-likeness (QED) is 0.485. The van der Waals surface area contributed by atoms with Crippen LogP contribution in [-0.2, 0) is 16.1 Å². The zero-order valence-electron chi connectivity index (χ0n) is 16.8. The second kappa shape index (κ2) is 9.56. The number of anilines is 1. The number of carbonyl (C=O) groups is 2. The maximum atomic E-state index is 12.7. The van der Waals surface area contributed by atoms with Crippen LogP contribution in [0.4, 0.5) is 5.69 Å². The second-order valence-corrected chi connectivity index (χ2v) is 8.48. The molecule has 0 unspecified atom stereocenters. The number of ketones is 1. The maximum Gasteiger partial charge on any atom is 0.255 e. The highest BCUT2D eigenvalue weighted by Gasteiger charge is 2.18. The Kier molecular flexibility index (Phi) is 7.62. The van der Waals surface area contributed by atoms with E-state index in [1.165, 1.54) is 29.3 Å². The fourth-order valence-electron chi connectivity index (χ4n) is 2.66. The topological polar surface area (TPSA) is 101 Å². The second-order valence-electron chi connectivity index (χ2n) is 7.27. The number of nitrogens with one attached hydrogen (secondary N) is 1. The Balaban J connectivity index is 2.40. The molecule has 1 heterocycles. The monoisotopic (exact) mass is 437 g/mol.